The molecule has 0 aliphatic carbocycles. The minimum Gasteiger partial charge on any atom is -0.492 e. The van der Waals surface area contributed by atoms with Gasteiger partial charge in [-0.05, 0) is 43.7 Å². The molecule has 0 radical (unpaired) electrons. The molecule has 3 rings (SSSR count). The molecule has 1 aliphatic heterocycles. The summed E-state index contributed by atoms with van der Waals surface area (Å²) in [7, 11) is 0. The van der Waals surface area contributed by atoms with Crippen molar-refractivity contribution in [3.63, 3.8) is 0 Å². The average molecular weight is 386 g/mol. The maximum absolute atomic E-state index is 11.6. The SMILES string of the molecule is CCO[C@@H](Cc1ccc(OCCN2CCSc3ccccc32)cc1)C(C)=O. The maximum Gasteiger partial charge on any atom is 0.158 e. The Morgan fingerprint density at radius 2 is 1.96 bits per heavy atom. The number of benzene rings is 2. The molecule has 4 nitrogen and oxygen atoms in total. The Bertz CT molecular complexity index is 747. The molecule has 0 aromatic heterocycles. The quantitative estimate of drug-likeness (QED) is 0.646. The third kappa shape index (κ3) is 5.50. The molecule has 2 aromatic carbocycles. The number of Topliss-reactive ketones (excluding diaryl/α,β-unsaturated/α-hetero) is 1. The molecule has 0 amide bonds. The molecule has 144 valence electrons. The molecular weight excluding hydrogens is 358 g/mol. The molecular formula is C22H27NO3S. The van der Waals surface area contributed by atoms with Crippen molar-refractivity contribution < 1.29 is 14.3 Å². The molecule has 27 heavy (non-hydrogen) atoms. The molecule has 2 aromatic rings. The van der Waals surface area contributed by atoms with Gasteiger partial charge in [-0.25, -0.2) is 0 Å². The predicted octanol–water partition coefficient (Wildman–Crippen LogP) is 4.21. The summed E-state index contributed by atoms with van der Waals surface area (Å²) < 4.78 is 11.4. The number of carbonyl (C=O) groups excluding carboxylic acids is 1. The van der Waals surface area contributed by atoms with Crippen molar-refractivity contribution in [2.24, 2.45) is 0 Å². The number of carbonyl (C=O) groups is 1. The number of rotatable bonds is 9. The summed E-state index contributed by atoms with van der Waals surface area (Å²) in [5.41, 5.74) is 2.39. The second kappa shape index (κ2) is 9.81. The van der Waals surface area contributed by atoms with Crippen LogP contribution in [0.2, 0.25) is 0 Å². The van der Waals surface area contributed by atoms with E-state index in [1.807, 2.05) is 43.0 Å². The summed E-state index contributed by atoms with van der Waals surface area (Å²) in [4.78, 5) is 15.4. The number of hydrogen-bond donors (Lipinski definition) is 0. The molecule has 0 fully saturated rings. The molecule has 0 spiro atoms. The van der Waals surface area contributed by atoms with Gasteiger partial charge in [0.25, 0.3) is 0 Å². The van der Waals surface area contributed by atoms with E-state index in [0.29, 0.717) is 19.6 Å². The van der Waals surface area contributed by atoms with Crippen molar-refractivity contribution in [3.05, 3.63) is 54.1 Å². The Kier molecular flexibility index (Phi) is 7.18. The van der Waals surface area contributed by atoms with Gasteiger partial charge >= 0.3 is 0 Å². The number of thioether (sulfide) groups is 1. The topological polar surface area (TPSA) is 38.8 Å². The number of hydrogen-bond acceptors (Lipinski definition) is 5. The maximum atomic E-state index is 11.6. The van der Waals surface area contributed by atoms with E-state index in [2.05, 4.69) is 29.2 Å². The first-order valence-electron chi connectivity index (χ1n) is 9.48. The fraction of sp³-hybridized carbons (Fsp3) is 0.409. The molecule has 5 heteroatoms. The van der Waals surface area contributed by atoms with E-state index in [9.17, 15) is 4.79 Å². The molecule has 1 aliphatic rings. The van der Waals surface area contributed by atoms with Gasteiger partial charge in [0.1, 0.15) is 18.5 Å². The first kappa shape index (κ1) is 19.8. The van der Waals surface area contributed by atoms with Crippen LogP contribution in [0.15, 0.2) is 53.4 Å². The van der Waals surface area contributed by atoms with E-state index < -0.39 is 0 Å². The molecule has 0 saturated carbocycles. The summed E-state index contributed by atoms with van der Waals surface area (Å²) >= 11 is 1.92. The van der Waals surface area contributed by atoms with Crippen molar-refractivity contribution in [2.45, 2.75) is 31.3 Å². The monoisotopic (exact) mass is 385 g/mol. The molecule has 1 atom stereocenters. The van der Waals surface area contributed by atoms with Crippen LogP contribution in [-0.4, -0.2) is 43.9 Å². The predicted molar refractivity (Wildman–Crippen MR) is 111 cm³/mol. The van der Waals surface area contributed by atoms with Gasteiger partial charge in [0.15, 0.2) is 5.78 Å². The lowest BCUT2D eigenvalue weighted by Gasteiger charge is -2.30. The van der Waals surface area contributed by atoms with Crippen LogP contribution in [0.5, 0.6) is 5.75 Å². The Labute approximate surface area is 165 Å². The van der Waals surface area contributed by atoms with Gasteiger partial charge in [0, 0.05) is 30.2 Å². The van der Waals surface area contributed by atoms with Gasteiger partial charge in [-0.2, -0.15) is 0 Å². The summed E-state index contributed by atoms with van der Waals surface area (Å²) in [5, 5.41) is 0. The van der Waals surface area contributed by atoms with Crippen LogP contribution in [0, 0.1) is 0 Å². The number of para-hydroxylation sites is 1. The zero-order valence-electron chi connectivity index (χ0n) is 16.0. The van der Waals surface area contributed by atoms with Crippen LogP contribution < -0.4 is 9.64 Å². The first-order chi connectivity index (χ1) is 13.2. The van der Waals surface area contributed by atoms with Gasteiger partial charge in [0.2, 0.25) is 0 Å². The van der Waals surface area contributed by atoms with E-state index in [4.69, 9.17) is 9.47 Å². The zero-order valence-corrected chi connectivity index (χ0v) is 16.8. The number of fused-ring (bicyclic) bond motifs is 1. The molecule has 0 saturated heterocycles. The highest BCUT2D eigenvalue weighted by molar-refractivity contribution is 7.99. The van der Waals surface area contributed by atoms with Crippen LogP contribution in [0.25, 0.3) is 0 Å². The summed E-state index contributed by atoms with van der Waals surface area (Å²) in [6.07, 6.45) is 0.241. The minimum atomic E-state index is -0.362. The summed E-state index contributed by atoms with van der Waals surface area (Å²) in [5.74, 6) is 2.04. The van der Waals surface area contributed by atoms with Crippen LogP contribution in [-0.2, 0) is 16.0 Å². The van der Waals surface area contributed by atoms with E-state index in [1.54, 1.807) is 6.92 Å². The number of anilines is 1. The number of nitrogens with zero attached hydrogens (tertiary/aromatic N) is 1. The van der Waals surface area contributed by atoms with Gasteiger partial charge in [0.05, 0.1) is 12.2 Å². The molecule has 0 bridgehead atoms. The van der Waals surface area contributed by atoms with Crippen LogP contribution in [0.1, 0.15) is 19.4 Å². The highest BCUT2D eigenvalue weighted by atomic mass is 32.2. The lowest BCUT2D eigenvalue weighted by atomic mass is 10.1. The summed E-state index contributed by atoms with van der Waals surface area (Å²) in [6, 6.07) is 16.5. The van der Waals surface area contributed by atoms with Crippen LogP contribution in [0.4, 0.5) is 5.69 Å². The lowest BCUT2D eigenvalue weighted by molar-refractivity contribution is -0.127. The van der Waals surface area contributed by atoms with Gasteiger partial charge in [-0.15, -0.1) is 11.8 Å². The highest BCUT2D eigenvalue weighted by Gasteiger charge is 2.17. The average Bonchev–Trinajstić information content (AvgIpc) is 2.69. The zero-order chi connectivity index (χ0) is 19.1. The van der Waals surface area contributed by atoms with Crippen molar-refractivity contribution in [2.75, 3.05) is 37.0 Å². The van der Waals surface area contributed by atoms with E-state index in [0.717, 1.165) is 30.2 Å². The minimum absolute atomic E-state index is 0.0668. The third-order valence-corrected chi connectivity index (χ3v) is 5.66. The van der Waals surface area contributed by atoms with E-state index in [1.165, 1.54) is 10.6 Å². The van der Waals surface area contributed by atoms with Crippen molar-refractivity contribution in [1.82, 2.24) is 0 Å². The largest absolute Gasteiger partial charge is 0.492 e. The number of ether oxygens (including phenoxy) is 2. The lowest BCUT2D eigenvalue weighted by Crippen LogP contribution is -2.33. The first-order valence-corrected chi connectivity index (χ1v) is 10.5. The fourth-order valence-electron chi connectivity index (χ4n) is 3.19. The van der Waals surface area contributed by atoms with Crippen LogP contribution >= 0.6 is 11.8 Å². The van der Waals surface area contributed by atoms with Gasteiger partial charge in [-0.3, -0.25) is 4.79 Å². The molecule has 0 N–H and O–H groups in total. The second-order valence-electron chi connectivity index (χ2n) is 6.55. The summed E-state index contributed by atoms with van der Waals surface area (Å²) in [6.45, 7) is 6.60. The molecule has 1 heterocycles. The van der Waals surface area contributed by atoms with Gasteiger partial charge < -0.3 is 14.4 Å². The Balaban J connectivity index is 1.50. The van der Waals surface area contributed by atoms with Crippen molar-refractivity contribution in [1.29, 1.82) is 0 Å². The molecule has 0 unspecified atom stereocenters. The Hall–Kier alpha value is -1.98. The number of ketones is 1. The third-order valence-electron chi connectivity index (χ3n) is 4.62. The fourth-order valence-corrected chi connectivity index (χ4v) is 4.24. The van der Waals surface area contributed by atoms with Gasteiger partial charge in [-0.1, -0.05) is 24.3 Å². The van der Waals surface area contributed by atoms with E-state index in [-0.39, 0.29) is 11.9 Å². The standard InChI is InChI=1S/C22H27NO3S/c1-3-25-21(17(2)24)16-18-8-10-19(11-9-18)26-14-12-23-13-15-27-22-7-5-4-6-20(22)23/h4-11,21H,3,12-16H2,1-2H3/t21-/m0/s1. The smallest absolute Gasteiger partial charge is 0.158 e. The van der Waals surface area contributed by atoms with E-state index >= 15 is 0 Å². The van der Waals surface area contributed by atoms with Crippen LogP contribution in [0.3, 0.4) is 0 Å². The normalized spacial score (nSPS) is 14.5. The Morgan fingerprint density at radius 3 is 2.70 bits per heavy atom. The second-order valence-corrected chi connectivity index (χ2v) is 7.69. The van der Waals surface area contributed by atoms with Crippen molar-refractivity contribution in [3.8, 4) is 5.75 Å². The Morgan fingerprint density at radius 1 is 1.19 bits per heavy atom. The van der Waals surface area contributed by atoms with Crippen molar-refractivity contribution >= 4 is 23.2 Å². The highest BCUT2D eigenvalue weighted by Crippen LogP contribution is 2.33.